The first-order valence-corrected chi connectivity index (χ1v) is 7.81. The Morgan fingerprint density at radius 1 is 1.45 bits per heavy atom. The van der Waals surface area contributed by atoms with Gasteiger partial charge in [-0.3, -0.25) is 4.79 Å². The van der Waals surface area contributed by atoms with Crippen LogP contribution in [0.3, 0.4) is 0 Å². The maximum Gasteiger partial charge on any atom is 0.221 e. The van der Waals surface area contributed by atoms with E-state index in [0.29, 0.717) is 13.0 Å². The standard InChI is InChI=1S/C15H28N2O3/c1-19-8-6-15(4-2-3-5-15)12-17-14(18)10-13-11-20-9-7-16-13/h13,16H,2-12H2,1H3,(H,17,18). The van der Waals surface area contributed by atoms with E-state index in [1.54, 1.807) is 7.11 Å². The summed E-state index contributed by atoms with van der Waals surface area (Å²) in [6, 6.07) is 0.169. The Morgan fingerprint density at radius 2 is 2.25 bits per heavy atom. The van der Waals surface area contributed by atoms with Crippen molar-refractivity contribution in [2.75, 3.05) is 40.0 Å². The van der Waals surface area contributed by atoms with E-state index in [-0.39, 0.29) is 17.4 Å². The molecule has 0 aromatic carbocycles. The van der Waals surface area contributed by atoms with Gasteiger partial charge in [0.25, 0.3) is 0 Å². The molecule has 5 heteroatoms. The molecule has 1 aliphatic heterocycles. The van der Waals surface area contributed by atoms with Gasteiger partial charge in [-0.2, -0.15) is 0 Å². The highest BCUT2D eigenvalue weighted by atomic mass is 16.5. The second-order valence-corrected chi connectivity index (χ2v) is 6.16. The van der Waals surface area contributed by atoms with E-state index in [9.17, 15) is 4.79 Å². The number of carbonyl (C=O) groups is 1. The predicted octanol–water partition coefficient (Wildman–Crippen LogP) is 1.08. The summed E-state index contributed by atoms with van der Waals surface area (Å²) in [6.07, 6.45) is 6.53. The van der Waals surface area contributed by atoms with E-state index < -0.39 is 0 Å². The van der Waals surface area contributed by atoms with Crippen molar-refractivity contribution in [2.24, 2.45) is 5.41 Å². The average Bonchev–Trinajstić information content (AvgIpc) is 2.94. The number of amides is 1. The molecule has 1 aliphatic carbocycles. The molecular weight excluding hydrogens is 256 g/mol. The SMILES string of the molecule is COCCC1(CNC(=O)CC2COCCN2)CCCC1. The highest BCUT2D eigenvalue weighted by Crippen LogP contribution is 2.40. The van der Waals surface area contributed by atoms with Gasteiger partial charge in [-0.25, -0.2) is 0 Å². The Hall–Kier alpha value is -0.650. The Labute approximate surface area is 121 Å². The summed E-state index contributed by atoms with van der Waals surface area (Å²) in [6.45, 7) is 3.81. The highest BCUT2D eigenvalue weighted by molar-refractivity contribution is 5.76. The molecule has 0 bridgehead atoms. The minimum Gasteiger partial charge on any atom is -0.385 e. The number of morpholine rings is 1. The fourth-order valence-corrected chi connectivity index (χ4v) is 3.29. The molecule has 2 rings (SSSR count). The lowest BCUT2D eigenvalue weighted by Crippen LogP contribution is -2.45. The van der Waals surface area contributed by atoms with Crippen LogP contribution in [0.15, 0.2) is 0 Å². The zero-order chi connectivity index (χ0) is 14.3. The quantitative estimate of drug-likeness (QED) is 0.734. The van der Waals surface area contributed by atoms with Crippen LogP contribution in [-0.2, 0) is 14.3 Å². The number of hydrogen-bond donors (Lipinski definition) is 2. The Morgan fingerprint density at radius 3 is 2.90 bits per heavy atom. The second kappa shape index (κ2) is 7.96. The first kappa shape index (κ1) is 15.7. The Balaban J connectivity index is 1.72. The fourth-order valence-electron chi connectivity index (χ4n) is 3.29. The van der Waals surface area contributed by atoms with Crippen LogP contribution in [0, 0.1) is 5.41 Å². The van der Waals surface area contributed by atoms with Crippen molar-refractivity contribution in [3.8, 4) is 0 Å². The number of carbonyl (C=O) groups excluding carboxylic acids is 1. The molecule has 2 N–H and O–H groups in total. The molecule has 116 valence electrons. The summed E-state index contributed by atoms with van der Waals surface area (Å²) in [5, 5.41) is 6.45. The number of ether oxygens (including phenoxy) is 2. The van der Waals surface area contributed by atoms with Crippen molar-refractivity contribution >= 4 is 5.91 Å². The van der Waals surface area contributed by atoms with Crippen molar-refractivity contribution in [3.05, 3.63) is 0 Å². The molecule has 0 aromatic heterocycles. The predicted molar refractivity (Wildman–Crippen MR) is 77.6 cm³/mol. The highest BCUT2D eigenvalue weighted by Gasteiger charge is 2.33. The maximum absolute atomic E-state index is 12.0. The van der Waals surface area contributed by atoms with Gasteiger partial charge in [0.05, 0.1) is 13.2 Å². The third kappa shape index (κ3) is 4.72. The van der Waals surface area contributed by atoms with Gasteiger partial charge in [0, 0.05) is 39.3 Å². The van der Waals surface area contributed by atoms with Gasteiger partial charge in [0.1, 0.15) is 0 Å². The first-order chi connectivity index (χ1) is 9.74. The Kier molecular flexibility index (Phi) is 6.26. The van der Waals surface area contributed by atoms with E-state index in [2.05, 4.69) is 10.6 Å². The van der Waals surface area contributed by atoms with E-state index in [1.165, 1.54) is 25.7 Å². The fraction of sp³-hybridized carbons (Fsp3) is 0.933. The smallest absolute Gasteiger partial charge is 0.221 e. The molecule has 20 heavy (non-hydrogen) atoms. The molecule has 1 atom stereocenters. The summed E-state index contributed by atoms with van der Waals surface area (Å²) < 4.78 is 10.6. The molecule has 1 heterocycles. The lowest BCUT2D eigenvalue weighted by molar-refractivity contribution is -0.122. The molecule has 1 saturated carbocycles. The van der Waals surface area contributed by atoms with Crippen molar-refractivity contribution in [2.45, 2.75) is 44.6 Å². The molecular formula is C15H28N2O3. The average molecular weight is 284 g/mol. The van der Waals surface area contributed by atoms with Crippen LogP contribution in [0.25, 0.3) is 0 Å². The van der Waals surface area contributed by atoms with Crippen molar-refractivity contribution in [1.82, 2.24) is 10.6 Å². The van der Waals surface area contributed by atoms with Gasteiger partial charge in [0.2, 0.25) is 5.91 Å². The van der Waals surface area contributed by atoms with Gasteiger partial charge in [0.15, 0.2) is 0 Å². The molecule has 1 saturated heterocycles. The van der Waals surface area contributed by atoms with E-state index in [4.69, 9.17) is 9.47 Å². The molecule has 2 fully saturated rings. The van der Waals surface area contributed by atoms with Crippen molar-refractivity contribution in [3.63, 3.8) is 0 Å². The summed E-state index contributed by atoms with van der Waals surface area (Å²) in [7, 11) is 1.75. The van der Waals surface area contributed by atoms with E-state index >= 15 is 0 Å². The van der Waals surface area contributed by atoms with Crippen molar-refractivity contribution in [1.29, 1.82) is 0 Å². The normalized spacial score (nSPS) is 25.6. The van der Waals surface area contributed by atoms with Gasteiger partial charge >= 0.3 is 0 Å². The maximum atomic E-state index is 12.0. The molecule has 5 nitrogen and oxygen atoms in total. The summed E-state index contributed by atoms with van der Waals surface area (Å²) in [5.74, 6) is 0.136. The van der Waals surface area contributed by atoms with Crippen LogP contribution in [0.5, 0.6) is 0 Å². The topological polar surface area (TPSA) is 59.6 Å². The molecule has 0 aromatic rings. The van der Waals surface area contributed by atoms with Crippen LogP contribution < -0.4 is 10.6 Å². The Bertz CT molecular complexity index is 297. The number of rotatable bonds is 7. The lowest BCUT2D eigenvalue weighted by atomic mass is 9.83. The third-order valence-corrected chi connectivity index (χ3v) is 4.59. The third-order valence-electron chi connectivity index (χ3n) is 4.59. The molecule has 1 unspecified atom stereocenters. The summed E-state index contributed by atoms with van der Waals surface area (Å²) in [5.41, 5.74) is 0.266. The van der Waals surface area contributed by atoms with Crippen LogP contribution in [0.2, 0.25) is 0 Å². The largest absolute Gasteiger partial charge is 0.385 e. The van der Waals surface area contributed by atoms with Gasteiger partial charge in [-0.05, 0) is 24.7 Å². The summed E-state index contributed by atoms with van der Waals surface area (Å²) in [4.78, 5) is 12.0. The van der Waals surface area contributed by atoms with Gasteiger partial charge < -0.3 is 20.1 Å². The first-order valence-electron chi connectivity index (χ1n) is 7.81. The van der Waals surface area contributed by atoms with Crippen LogP contribution in [-0.4, -0.2) is 52.0 Å². The zero-order valence-corrected chi connectivity index (χ0v) is 12.6. The number of hydrogen-bond acceptors (Lipinski definition) is 4. The monoisotopic (exact) mass is 284 g/mol. The van der Waals surface area contributed by atoms with Crippen LogP contribution in [0.4, 0.5) is 0 Å². The van der Waals surface area contributed by atoms with Crippen LogP contribution >= 0.6 is 0 Å². The van der Waals surface area contributed by atoms with Crippen molar-refractivity contribution < 1.29 is 14.3 Å². The molecule has 0 radical (unpaired) electrons. The number of nitrogens with one attached hydrogen (secondary N) is 2. The molecule has 1 amide bonds. The van der Waals surface area contributed by atoms with Crippen LogP contribution in [0.1, 0.15) is 38.5 Å². The summed E-state index contributed by atoms with van der Waals surface area (Å²) >= 11 is 0. The van der Waals surface area contributed by atoms with Gasteiger partial charge in [-0.15, -0.1) is 0 Å². The number of methoxy groups -OCH3 is 1. The minimum atomic E-state index is 0.136. The zero-order valence-electron chi connectivity index (χ0n) is 12.6. The van der Waals surface area contributed by atoms with E-state index in [1.807, 2.05) is 0 Å². The minimum absolute atomic E-state index is 0.136. The van der Waals surface area contributed by atoms with E-state index in [0.717, 1.165) is 32.7 Å². The van der Waals surface area contributed by atoms with Gasteiger partial charge in [-0.1, -0.05) is 12.8 Å². The molecule has 2 aliphatic rings. The lowest BCUT2D eigenvalue weighted by Gasteiger charge is -2.30. The molecule has 0 spiro atoms. The second-order valence-electron chi connectivity index (χ2n) is 6.16.